The van der Waals surface area contributed by atoms with Crippen molar-refractivity contribution in [3.8, 4) is 11.5 Å². The summed E-state index contributed by atoms with van der Waals surface area (Å²) in [4.78, 5) is 11.9. The Hall–Kier alpha value is -1.81. The van der Waals surface area contributed by atoms with Crippen molar-refractivity contribution in [2.45, 2.75) is 20.3 Å². The lowest BCUT2D eigenvalue weighted by Gasteiger charge is -2.22. The largest absolute Gasteiger partial charge is 0.490 e. The molecule has 0 bridgehead atoms. The van der Waals surface area contributed by atoms with Crippen LogP contribution in [0.5, 0.6) is 11.5 Å². The van der Waals surface area contributed by atoms with Gasteiger partial charge in [0.2, 0.25) is 0 Å². The fourth-order valence-corrected chi connectivity index (χ4v) is 1.89. The Labute approximate surface area is 133 Å². The van der Waals surface area contributed by atoms with Crippen molar-refractivity contribution in [1.29, 1.82) is 0 Å². The summed E-state index contributed by atoms with van der Waals surface area (Å²) < 4.78 is 11.9. The lowest BCUT2D eigenvalue weighted by Crippen LogP contribution is -2.36. The van der Waals surface area contributed by atoms with Crippen molar-refractivity contribution in [3.63, 3.8) is 0 Å². The van der Waals surface area contributed by atoms with E-state index in [1.165, 1.54) is 0 Å². The number of rotatable bonds is 9. The number of hydrogen-bond acceptors (Lipinski definition) is 3. The predicted molar refractivity (Wildman–Crippen MR) is 90.3 cm³/mol. The van der Waals surface area contributed by atoms with Gasteiger partial charge in [0.15, 0.2) is 17.3 Å². The van der Waals surface area contributed by atoms with Crippen LogP contribution in [0.4, 0.5) is 0 Å². The molecule has 0 saturated heterocycles. The van der Waals surface area contributed by atoms with Gasteiger partial charge in [0.25, 0.3) is 0 Å². The van der Waals surface area contributed by atoms with Crippen molar-refractivity contribution < 1.29 is 18.8 Å². The Morgan fingerprint density at radius 2 is 1.73 bits per heavy atom. The van der Waals surface area contributed by atoms with E-state index in [9.17, 15) is 4.79 Å². The van der Waals surface area contributed by atoms with Crippen molar-refractivity contribution in [1.82, 2.24) is 0 Å². The summed E-state index contributed by atoms with van der Waals surface area (Å²) in [5.74, 6) is 1.59. The molecule has 0 unspecified atom stereocenters. The summed E-state index contributed by atoms with van der Waals surface area (Å²) in [5.41, 5.74) is 0.936. The maximum atomic E-state index is 11.9. The quantitative estimate of drug-likeness (QED) is 0.519. The van der Waals surface area contributed by atoms with Gasteiger partial charge in [-0.2, -0.15) is 0 Å². The predicted octanol–water partition coefficient (Wildman–Crippen LogP) is 3.16. The molecule has 4 heteroatoms. The molecule has 22 heavy (non-hydrogen) atoms. The van der Waals surface area contributed by atoms with Gasteiger partial charge in [0, 0.05) is 0 Å². The van der Waals surface area contributed by atoms with Gasteiger partial charge in [-0.1, -0.05) is 12.1 Å². The van der Waals surface area contributed by atoms with Gasteiger partial charge in [-0.05, 0) is 37.6 Å². The highest BCUT2D eigenvalue weighted by atomic mass is 16.5. The number of ketones is 1. The van der Waals surface area contributed by atoms with Crippen LogP contribution in [0.15, 0.2) is 24.3 Å². The Morgan fingerprint density at radius 1 is 1.09 bits per heavy atom. The van der Waals surface area contributed by atoms with Gasteiger partial charge in [-0.15, -0.1) is 0 Å². The summed E-state index contributed by atoms with van der Waals surface area (Å²) >= 11 is 0. The van der Waals surface area contributed by atoms with E-state index in [2.05, 4.69) is 21.1 Å². The standard InChI is InChI=1S/C18H28NO3/c1-6-21-17-11-9-15(14-18(17)22-7-2)8-10-16(20)12-13-19(3,4)5/h8-11,14H,6-7,12-13H2,1-5H3/q+1/b10-8+. The minimum absolute atomic E-state index is 0.139. The Bertz CT molecular complexity index is 516. The smallest absolute Gasteiger partial charge is 0.161 e. The van der Waals surface area contributed by atoms with Gasteiger partial charge >= 0.3 is 0 Å². The normalized spacial score (nSPS) is 11.7. The van der Waals surface area contributed by atoms with E-state index >= 15 is 0 Å². The Balaban J connectivity index is 2.74. The number of nitrogens with zero attached hydrogens (tertiary/aromatic N) is 1. The first-order chi connectivity index (χ1) is 10.4. The topological polar surface area (TPSA) is 35.5 Å². The van der Waals surface area contributed by atoms with Crippen molar-refractivity contribution in [2.24, 2.45) is 0 Å². The van der Waals surface area contributed by atoms with E-state index in [1.54, 1.807) is 6.08 Å². The molecular formula is C18H28NO3+. The van der Waals surface area contributed by atoms with Crippen LogP contribution in [0.1, 0.15) is 25.8 Å². The first-order valence-corrected chi connectivity index (χ1v) is 7.76. The van der Waals surface area contributed by atoms with E-state index in [0.717, 1.165) is 22.3 Å². The second kappa shape index (κ2) is 8.59. The van der Waals surface area contributed by atoms with E-state index in [0.29, 0.717) is 25.4 Å². The third-order valence-electron chi connectivity index (χ3n) is 3.06. The van der Waals surface area contributed by atoms with Gasteiger partial charge in [-0.25, -0.2) is 0 Å². The van der Waals surface area contributed by atoms with Crippen LogP contribution >= 0.6 is 0 Å². The molecule has 1 aromatic carbocycles. The van der Waals surface area contributed by atoms with Crippen molar-refractivity contribution in [2.75, 3.05) is 40.9 Å². The molecule has 1 aromatic rings. The van der Waals surface area contributed by atoms with Gasteiger partial charge in [0.05, 0.1) is 47.3 Å². The number of hydrogen-bond donors (Lipinski definition) is 0. The Kier molecular flexibility index (Phi) is 7.12. The zero-order chi connectivity index (χ0) is 16.6. The fourth-order valence-electron chi connectivity index (χ4n) is 1.89. The number of ether oxygens (including phenoxy) is 2. The number of carbonyl (C=O) groups is 1. The molecule has 0 saturated carbocycles. The monoisotopic (exact) mass is 306 g/mol. The van der Waals surface area contributed by atoms with Crippen molar-refractivity contribution >= 4 is 11.9 Å². The average Bonchev–Trinajstić information content (AvgIpc) is 2.45. The molecule has 0 aromatic heterocycles. The summed E-state index contributed by atoms with van der Waals surface area (Å²) in [7, 11) is 6.24. The summed E-state index contributed by atoms with van der Waals surface area (Å²) in [5, 5.41) is 0. The zero-order valence-corrected chi connectivity index (χ0v) is 14.4. The molecule has 0 aliphatic rings. The second-order valence-electron chi connectivity index (χ2n) is 6.14. The molecule has 4 nitrogen and oxygen atoms in total. The zero-order valence-electron chi connectivity index (χ0n) is 14.4. The second-order valence-corrected chi connectivity index (χ2v) is 6.14. The molecule has 0 N–H and O–H groups in total. The number of carbonyl (C=O) groups excluding carboxylic acids is 1. The highest BCUT2D eigenvalue weighted by molar-refractivity contribution is 5.93. The Morgan fingerprint density at radius 3 is 2.32 bits per heavy atom. The highest BCUT2D eigenvalue weighted by Crippen LogP contribution is 2.29. The molecular weight excluding hydrogens is 278 g/mol. The maximum absolute atomic E-state index is 11.9. The molecule has 0 atom stereocenters. The minimum atomic E-state index is 0.139. The van der Waals surface area contributed by atoms with Gasteiger partial charge in [-0.3, -0.25) is 4.79 Å². The first-order valence-electron chi connectivity index (χ1n) is 7.76. The molecule has 0 spiro atoms. The summed E-state index contributed by atoms with van der Waals surface area (Å²) in [6, 6.07) is 5.71. The van der Waals surface area contributed by atoms with Crippen molar-refractivity contribution in [3.05, 3.63) is 29.8 Å². The number of quaternary nitrogens is 1. The van der Waals surface area contributed by atoms with E-state index in [1.807, 2.05) is 38.1 Å². The number of allylic oxidation sites excluding steroid dienone is 1. The molecule has 0 heterocycles. The molecule has 1 rings (SSSR count). The van der Waals surface area contributed by atoms with E-state index in [4.69, 9.17) is 9.47 Å². The van der Waals surface area contributed by atoms with Crippen LogP contribution < -0.4 is 9.47 Å². The van der Waals surface area contributed by atoms with Crippen LogP contribution in [0.2, 0.25) is 0 Å². The third-order valence-corrected chi connectivity index (χ3v) is 3.06. The average molecular weight is 306 g/mol. The molecule has 122 valence electrons. The van der Waals surface area contributed by atoms with Crippen LogP contribution in [-0.2, 0) is 4.79 Å². The highest BCUT2D eigenvalue weighted by Gasteiger charge is 2.09. The lowest BCUT2D eigenvalue weighted by molar-refractivity contribution is -0.869. The van der Waals surface area contributed by atoms with Gasteiger partial charge < -0.3 is 14.0 Å². The minimum Gasteiger partial charge on any atom is -0.490 e. The van der Waals surface area contributed by atoms with Crippen LogP contribution in [0.3, 0.4) is 0 Å². The van der Waals surface area contributed by atoms with Gasteiger partial charge in [0.1, 0.15) is 0 Å². The summed E-state index contributed by atoms with van der Waals surface area (Å²) in [6.07, 6.45) is 4.02. The van der Waals surface area contributed by atoms with E-state index in [-0.39, 0.29) is 5.78 Å². The molecule has 0 aliphatic carbocycles. The van der Waals surface area contributed by atoms with Crippen LogP contribution in [0, 0.1) is 0 Å². The molecule has 0 fully saturated rings. The van der Waals surface area contributed by atoms with E-state index < -0.39 is 0 Å². The molecule has 0 amide bonds. The number of benzene rings is 1. The SMILES string of the molecule is CCOc1ccc(/C=C/C(=O)CC[N+](C)(C)C)cc1OCC. The lowest BCUT2D eigenvalue weighted by atomic mass is 10.1. The maximum Gasteiger partial charge on any atom is 0.161 e. The van der Waals surface area contributed by atoms with Crippen LogP contribution in [-0.4, -0.2) is 51.2 Å². The summed E-state index contributed by atoms with van der Waals surface area (Å²) in [6.45, 7) is 5.88. The first kappa shape index (κ1) is 18.2. The molecule has 0 aliphatic heterocycles. The fraction of sp³-hybridized carbons (Fsp3) is 0.500. The third kappa shape index (κ3) is 6.76. The van der Waals surface area contributed by atoms with Crippen LogP contribution in [0.25, 0.3) is 6.08 Å². The molecule has 0 radical (unpaired) electrons.